The number of halogens is 1. The molecule has 6 heteroatoms. The van der Waals surface area contributed by atoms with Crippen molar-refractivity contribution in [3.05, 3.63) is 58.6 Å². The first-order valence-electron chi connectivity index (χ1n) is 6.75. The van der Waals surface area contributed by atoms with Crippen LogP contribution < -0.4 is 4.72 Å². The zero-order valence-corrected chi connectivity index (χ0v) is 13.8. The predicted octanol–water partition coefficient (Wildman–Crippen LogP) is 4.04. The van der Waals surface area contributed by atoms with Crippen molar-refractivity contribution in [3.63, 3.8) is 0 Å². The molecule has 0 aromatic heterocycles. The van der Waals surface area contributed by atoms with Crippen LogP contribution in [0.1, 0.15) is 29.3 Å². The van der Waals surface area contributed by atoms with Crippen LogP contribution >= 0.6 is 11.6 Å². The Bertz CT molecular complexity index is 816. The molecule has 0 atom stereocenters. The van der Waals surface area contributed by atoms with Gasteiger partial charge in [0, 0.05) is 17.0 Å². The number of sulfonamides is 1. The molecule has 0 fully saturated rings. The summed E-state index contributed by atoms with van der Waals surface area (Å²) < 4.78 is 27.3. The fraction of sp³-hybridized carbons (Fsp3) is 0.188. The molecule has 0 aliphatic carbocycles. The molecule has 0 radical (unpaired) electrons. The van der Waals surface area contributed by atoms with E-state index in [2.05, 4.69) is 4.72 Å². The van der Waals surface area contributed by atoms with Gasteiger partial charge in [-0.25, -0.2) is 8.42 Å². The zero-order valence-electron chi connectivity index (χ0n) is 12.3. The molecule has 22 heavy (non-hydrogen) atoms. The van der Waals surface area contributed by atoms with Gasteiger partial charge in [0.15, 0.2) is 5.78 Å². The van der Waals surface area contributed by atoms with E-state index in [1.807, 2.05) is 6.92 Å². The van der Waals surface area contributed by atoms with E-state index in [0.29, 0.717) is 22.7 Å². The molecule has 1 N–H and O–H groups in total. The van der Waals surface area contributed by atoms with Gasteiger partial charge < -0.3 is 0 Å². The van der Waals surface area contributed by atoms with Gasteiger partial charge in [-0.05, 0) is 36.8 Å². The average Bonchev–Trinajstić information content (AvgIpc) is 2.50. The molecule has 0 heterocycles. The first-order chi connectivity index (χ1) is 10.3. The fourth-order valence-electron chi connectivity index (χ4n) is 1.91. The number of carbonyl (C=O) groups excluding carboxylic acids is 1. The van der Waals surface area contributed by atoms with Crippen molar-refractivity contribution in [2.24, 2.45) is 0 Å². The minimum atomic E-state index is -3.77. The van der Waals surface area contributed by atoms with E-state index in [1.54, 1.807) is 37.3 Å². The Morgan fingerprint density at radius 1 is 1.18 bits per heavy atom. The summed E-state index contributed by atoms with van der Waals surface area (Å²) in [6.07, 6.45) is 0.324. The molecule has 2 rings (SSSR count). The molecule has 0 saturated carbocycles. The number of carbonyl (C=O) groups is 1. The fourth-order valence-corrected chi connectivity index (χ4v) is 3.19. The second-order valence-corrected chi connectivity index (χ2v) is 6.96. The normalized spacial score (nSPS) is 11.2. The van der Waals surface area contributed by atoms with E-state index in [-0.39, 0.29) is 10.7 Å². The SMILES string of the molecule is CCC(=O)c1cccc(S(=O)(=O)Nc2ccc(C)c(Cl)c2)c1. The highest BCUT2D eigenvalue weighted by Gasteiger charge is 2.16. The van der Waals surface area contributed by atoms with E-state index < -0.39 is 10.0 Å². The molecule has 0 amide bonds. The maximum absolute atomic E-state index is 12.4. The lowest BCUT2D eigenvalue weighted by Crippen LogP contribution is -2.13. The first kappa shape index (κ1) is 16.5. The number of aryl methyl sites for hydroxylation is 1. The summed E-state index contributed by atoms with van der Waals surface area (Å²) in [5.41, 5.74) is 1.62. The Morgan fingerprint density at radius 2 is 1.91 bits per heavy atom. The molecular formula is C16H16ClNO3S. The first-order valence-corrected chi connectivity index (χ1v) is 8.62. The Morgan fingerprint density at radius 3 is 2.55 bits per heavy atom. The third kappa shape index (κ3) is 3.67. The highest BCUT2D eigenvalue weighted by atomic mass is 35.5. The van der Waals surface area contributed by atoms with Crippen LogP contribution in [0.5, 0.6) is 0 Å². The third-order valence-electron chi connectivity index (χ3n) is 3.21. The quantitative estimate of drug-likeness (QED) is 0.837. The van der Waals surface area contributed by atoms with Crippen molar-refractivity contribution in [1.29, 1.82) is 0 Å². The molecule has 0 saturated heterocycles. The van der Waals surface area contributed by atoms with Crippen molar-refractivity contribution in [1.82, 2.24) is 0 Å². The van der Waals surface area contributed by atoms with Crippen LogP contribution in [-0.2, 0) is 10.0 Å². The van der Waals surface area contributed by atoms with Gasteiger partial charge >= 0.3 is 0 Å². The second kappa shape index (κ2) is 6.50. The van der Waals surface area contributed by atoms with Gasteiger partial charge in [-0.3, -0.25) is 9.52 Å². The molecule has 2 aromatic rings. The monoisotopic (exact) mass is 337 g/mol. The molecular weight excluding hydrogens is 322 g/mol. The highest BCUT2D eigenvalue weighted by molar-refractivity contribution is 7.92. The van der Waals surface area contributed by atoms with Crippen LogP contribution in [0.3, 0.4) is 0 Å². The Hall–Kier alpha value is -1.85. The van der Waals surface area contributed by atoms with Gasteiger partial charge in [0.25, 0.3) is 10.0 Å². The minimum Gasteiger partial charge on any atom is -0.294 e. The number of nitrogens with one attached hydrogen (secondary N) is 1. The Kier molecular flexibility index (Phi) is 4.88. The summed E-state index contributed by atoms with van der Waals surface area (Å²) in [6.45, 7) is 3.57. The summed E-state index contributed by atoms with van der Waals surface area (Å²) in [5.74, 6) is -0.101. The van der Waals surface area contributed by atoms with Crippen LogP contribution in [-0.4, -0.2) is 14.2 Å². The van der Waals surface area contributed by atoms with Gasteiger partial charge in [0.05, 0.1) is 10.6 Å². The summed E-state index contributed by atoms with van der Waals surface area (Å²) >= 11 is 5.99. The van der Waals surface area contributed by atoms with Crippen LogP contribution in [0, 0.1) is 6.92 Å². The summed E-state index contributed by atoms with van der Waals surface area (Å²) in [7, 11) is -3.77. The van der Waals surface area contributed by atoms with Gasteiger partial charge in [0.2, 0.25) is 0 Å². The molecule has 0 bridgehead atoms. The highest BCUT2D eigenvalue weighted by Crippen LogP contribution is 2.23. The van der Waals surface area contributed by atoms with E-state index in [9.17, 15) is 13.2 Å². The van der Waals surface area contributed by atoms with Gasteiger partial charge in [-0.1, -0.05) is 36.7 Å². The maximum atomic E-state index is 12.4. The smallest absolute Gasteiger partial charge is 0.261 e. The topological polar surface area (TPSA) is 63.2 Å². The molecule has 0 unspecified atom stereocenters. The van der Waals surface area contributed by atoms with E-state index >= 15 is 0 Å². The number of benzene rings is 2. The molecule has 116 valence electrons. The zero-order chi connectivity index (χ0) is 16.3. The molecule has 0 aliphatic heterocycles. The van der Waals surface area contributed by atoms with Crippen LogP contribution in [0.2, 0.25) is 5.02 Å². The van der Waals surface area contributed by atoms with Gasteiger partial charge in [-0.15, -0.1) is 0 Å². The standard InChI is InChI=1S/C16H16ClNO3S/c1-3-16(19)12-5-4-6-14(9-12)22(20,21)18-13-8-7-11(2)15(17)10-13/h4-10,18H,3H2,1-2H3. The van der Waals surface area contributed by atoms with Crippen LogP contribution in [0.4, 0.5) is 5.69 Å². The lowest BCUT2D eigenvalue weighted by molar-refractivity contribution is 0.0988. The molecule has 4 nitrogen and oxygen atoms in total. The number of anilines is 1. The number of Topliss-reactive ketones (excluding diaryl/α,β-unsaturated/α-hetero) is 1. The summed E-state index contributed by atoms with van der Waals surface area (Å²) in [4.78, 5) is 11.7. The van der Waals surface area contributed by atoms with Crippen LogP contribution in [0.15, 0.2) is 47.4 Å². The Balaban J connectivity index is 2.34. The Labute approximate surface area is 135 Å². The summed E-state index contributed by atoms with van der Waals surface area (Å²) in [6, 6.07) is 10.9. The van der Waals surface area contributed by atoms with Crippen molar-refractivity contribution in [2.45, 2.75) is 25.2 Å². The molecule has 2 aromatic carbocycles. The van der Waals surface area contributed by atoms with Crippen molar-refractivity contribution in [2.75, 3.05) is 4.72 Å². The lowest BCUT2D eigenvalue weighted by atomic mass is 10.1. The van der Waals surface area contributed by atoms with Crippen molar-refractivity contribution in [3.8, 4) is 0 Å². The molecule has 0 spiro atoms. The lowest BCUT2D eigenvalue weighted by Gasteiger charge is -2.10. The summed E-state index contributed by atoms with van der Waals surface area (Å²) in [5, 5.41) is 0.482. The van der Waals surface area contributed by atoms with Crippen LogP contribution in [0.25, 0.3) is 0 Å². The maximum Gasteiger partial charge on any atom is 0.261 e. The number of hydrogen-bond donors (Lipinski definition) is 1. The van der Waals surface area contributed by atoms with E-state index in [0.717, 1.165) is 5.56 Å². The number of ketones is 1. The number of rotatable bonds is 5. The second-order valence-electron chi connectivity index (χ2n) is 4.87. The molecule has 0 aliphatic rings. The van der Waals surface area contributed by atoms with E-state index in [4.69, 9.17) is 11.6 Å². The van der Waals surface area contributed by atoms with Gasteiger partial charge in [-0.2, -0.15) is 0 Å². The van der Waals surface area contributed by atoms with Crippen molar-refractivity contribution >= 4 is 33.1 Å². The predicted molar refractivity (Wildman–Crippen MR) is 88.1 cm³/mol. The largest absolute Gasteiger partial charge is 0.294 e. The average molecular weight is 338 g/mol. The van der Waals surface area contributed by atoms with E-state index in [1.165, 1.54) is 12.1 Å². The number of hydrogen-bond acceptors (Lipinski definition) is 3. The third-order valence-corrected chi connectivity index (χ3v) is 5.00. The van der Waals surface area contributed by atoms with Crippen molar-refractivity contribution < 1.29 is 13.2 Å². The van der Waals surface area contributed by atoms with Gasteiger partial charge in [0.1, 0.15) is 0 Å². The minimum absolute atomic E-state index is 0.0449.